The number of nitrogens with zero attached hydrogens (tertiary/aromatic N) is 2. The molecular weight excluding hydrogens is 230 g/mol. The topological polar surface area (TPSA) is 41.6 Å². The van der Waals surface area contributed by atoms with Crippen molar-refractivity contribution in [3.05, 3.63) is 40.4 Å². The van der Waals surface area contributed by atoms with E-state index in [0.717, 1.165) is 28.9 Å². The average Bonchev–Trinajstić information content (AvgIpc) is 2.40. The highest BCUT2D eigenvalue weighted by Crippen LogP contribution is 2.23. The van der Waals surface area contributed by atoms with Crippen LogP contribution in [0.25, 0.3) is 11.4 Å². The largest absolute Gasteiger partial charge is 0.343 e. The second-order valence-electron chi connectivity index (χ2n) is 4.29. The van der Waals surface area contributed by atoms with Crippen LogP contribution in [0.2, 0.25) is 0 Å². The molecule has 0 atom stereocenters. The van der Waals surface area contributed by atoms with Crippen molar-refractivity contribution in [2.24, 2.45) is 0 Å². The molecule has 0 saturated heterocycles. The lowest BCUT2D eigenvalue weighted by molar-refractivity contribution is 0.661. The molecule has 1 aliphatic carbocycles. The molecule has 2 aromatic heterocycles. The van der Waals surface area contributed by atoms with Crippen molar-refractivity contribution in [1.82, 2.24) is 15.0 Å². The molecule has 1 N–H and O–H groups in total. The summed E-state index contributed by atoms with van der Waals surface area (Å²) in [7, 11) is 0. The minimum atomic E-state index is 0.755. The summed E-state index contributed by atoms with van der Waals surface area (Å²) in [6.45, 7) is 0. The Morgan fingerprint density at radius 3 is 2.71 bits per heavy atom. The molecular formula is C13H13N3S. The summed E-state index contributed by atoms with van der Waals surface area (Å²) in [5.41, 5.74) is 3.55. The number of nitrogens with one attached hydrogen (secondary N) is 1. The molecule has 0 aromatic carbocycles. The summed E-state index contributed by atoms with van der Waals surface area (Å²) in [6.07, 6.45) is 8.15. The highest BCUT2D eigenvalue weighted by atomic mass is 32.1. The monoisotopic (exact) mass is 243 g/mol. The van der Waals surface area contributed by atoms with E-state index in [0.29, 0.717) is 0 Å². The zero-order valence-corrected chi connectivity index (χ0v) is 10.3. The van der Waals surface area contributed by atoms with Gasteiger partial charge in [0.1, 0.15) is 10.5 Å². The van der Waals surface area contributed by atoms with Gasteiger partial charge in [0, 0.05) is 29.2 Å². The molecule has 0 fully saturated rings. The van der Waals surface area contributed by atoms with Gasteiger partial charge in [-0.1, -0.05) is 12.2 Å². The third kappa shape index (κ3) is 2.00. The molecule has 0 unspecified atom stereocenters. The number of fused-ring (bicyclic) bond motifs is 1. The van der Waals surface area contributed by atoms with Gasteiger partial charge in [0.15, 0.2) is 0 Å². The van der Waals surface area contributed by atoms with E-state index in [2.05, 4.69) is 15.0 Å². The Hall–Kier alpha value is -1.55. The average molecular weight is 243 g/mol. The molecule has 3 nitrogen and oxygen atoms in total. The predicted octanol–water partition coefficient (Wildman–Crippen LogP) is 3.08. The maximum Gasteiger partial charge on any atom is 0.139 e. The fraction of sp³-hybridized carbons (Fsp3) is 0.308. The fourth-order valence-corrected chi connectivity index (χ4v) is 2.58. The summed E-state index contributed by atoms with van der Waals surface area (Å²) < 4.78 is 0.755. The van der Waals surface area contributed by atoms with Crippen LogP contribution >= 0.6 is 12.2 Å². The third-order valence-electron chi connectivity index (χ3n) is 3.16. The molecule has 0 aliphatic heterocycles. The summed E-state index contributed by atoms with van der Waals surface area (Å²) in [6, 6.07) is 3.89. The van der Waals surface area contributed by atoms with E-state index < -0.39 is 0 Å². The van der Waals surface area contributed by atoms with Gasteiger partial charge in [0.25, 0.3) is 0 Å². The second-order valence-corrected chi connectivity index (χ2v) is 4.68. The van der Waals surface area contributed by atoms with Crippen LogP contribution in [0.4, 0.5) is 0 Å². The first kappa shape index (κ1) is 10.6. The maximum absolute atomic E-state index is 5.38. The number of aryl methyl sites for hydroxylation is 1. The number of hydrogen-bond acceptors (Lipinski definition) is 3. The predicted molar refractivity (Wildman–Crippen MR) is 69.3 cm³/mol. The number of rotatable bonds is 1. The molecule has 2 heterocycles. The molecule has 0 spiro atoms. The van der Waals surface area contributed by atoms with E-state index >= 15 is 0 Å². The third-order valence-corrected chi connectivity index (χ3v) is 3.50. The highest BCUT2D eigenvalue weighted by Gasteiger charge is 2.13. The van der Waals surface area contributed by atoms with E-state index in [1.165, 1.54) is 24.1 Å². The van der Waals surface area contributed by atoms with Crippen LogP contribution in [0.15, 0.2) is 24.5 Å². The standard InChI is InChI=1S/C13H13N3S/c17-13-10-3-1-2-4-11(10)15-12(16-13)9-5-7-14-8-6-9/h5-8H,1-4H2,(H,15,16,17). The smallest absolute Gasteiger partial charge is 0.139 e. The zero-order valence-electron chi connectivity index (χ0n) is 9.44. The molecule has 86 valence electrons. The number of pyridine rings is 1. The van der Waals surface area contributed by atoms with Gasteiger partial charge in [-0.3, -0.25) is 4.98 Å². The minimum absolute atomic E-state index is 0.755. The lowest BCUT2D eigenvalue weighted by Gasteiger charge is -2.16. The zero-order chi connectivity index (χ0) is 11.7. The van der Waals surface area contributed by atoms with E-state index in [4.69, 9.17) is 12.2 Å². The minimum Gasteiger partial charge on any atom is -0.343 e. The summed E-state index contributed by atoms with van der Waals surface area (Å²) in [4.78, 5) is 11.9. The Morgan fingerprint density at radius 2 is 1.88 bits per heavy atom. The molecule has 3 rings (SSSR count). The second kappa shape index (κ2) is 4.37. The van der Waals surface area contributed by atoms with Gasteiger partial charge >= 0.3 is 0 Å². The fourth-order valence-electron chi connectivity index (χ4n) is 2.27. The Labute approximate surface area is 105 Å². The first-order valence-corrected chi connectivity index (χ1v) is 6.28. The quantitative estimate of drug-likeness (QED) is 0.783. The number of H-pyrrole nitrogens is 1. The van der Waals surface area contributed by atoms with Crippen LogP contribution in [0.1, 0.15) is 24.1 Å². The van der Waals surface area contributed by atoms with Crippen LogP contribution in [0, 0.1) is 4.64 Å². The molecule has 0 saturated carbocycles. The van der Waals surface area contributed by atoms with Crippen molar-refractivity contribution in [1.29, 1.82) is 0 Å². The van der Waals surface area contributed by atoms with Crippen molar-refractivity contribution in [2.75, 3.05) is 0 Å². The van der Waals surface area contributed by atoms with Crippen molar-refractivity contribution < 1.29 is 0 Å². The number of aromatic amines is 1. The van der Waals surface area contributed by atoms with E-state index in [9.17, 15) is 0 Å². The van der Waals surface area contributed by atoms with Gasteiger partial charge < -0.3 is 4.98 Å². The molecule has 1 aliphatic rings. The van der Waals surface area contributed by atoms with E-state index in [1.807, 2.05) is 12.1 Å². The van der Waals surface area contributed by atoms with E-state index in [-0.39, 0.29) is 0 Å². The Morgan fingerprint density at radius 1 is 1.12 bits per heavy atom. The lowest BCUT2D eigenvalue weighted by atomic mass is 9.97. The van der Waals surface area contributed by atoms with Gasteiger partial charge in [-0.15, -0.1) is 0 Å². The molecule has 2 aromatic rings. The highest BCUT2D eigenvalue weighted by molar-refractivity contribution is 7.71. The van der Waals surface area contributed by atoms with Crippen molar-refractivity contribution in [3.63, 3.8) is 0 Å². The summed E-state index contributed by atoms with van der Waals surface area (Å²) >= 11 is 5.38. The first-order chi connectivity index (χ1) is 8.34. The molecule has 4 heteroatoms. The van der Waals surface area contributed by atoms with Crippen LogP contribution < -0.4 is 0 Å². The first-order valence-electron chi connectivity index (χ1n) is 5.87. The Bertz CT molecular complexity index is 589. The van der Waals surface area contributed by atoms with Gasteiger partial charge in [-0.05, 0) is 37.8 Å². The maximum atomic E-state index is 5.38. The number of hydrogen-bond donors (Lipinski definition) is 1. The molecule has 17 heavy (non-hydrogen) atoms. The van der Waals surface area contributed by atoms with Gasteiger partial charge in [-0.2, -0.15) is 0 Å². The van der Waals surface area contributed by atoms with Crippen molar-refractivity contribution in [2.45, 2.75) is 25.7 Å². The van der Waals surface area contributed by atoms with Crippen molar-refractivity contribution >= 4 is 12.2 Å². The normalized spacial score (nSPS) is 14.4. The van der Waals surface area contributed by atoms with E-state index in [1.54, 1.807) is 12.4 Å². The van der Waals surface area contributed by atoms with Crippen LogP contribution in [0.3, 0.4) is 0 Å². The Balaban J connectivity index is 2.14. The summed E-state index contributed by atoms with van der Waals surface area (Å²) in [5.74, 6) is 0.859. The molecule has 0 radical (unpaired) electrons. The van der Waals surface area contributed by atoms with Crippen LogP contribution in [-0.2, 0) is 12.8 Å². The molecule has 0 bridgehead atoms. The number of aromatic nitrogens is 3. The van der Waals surface area contributed by atoms with Crippen molar-refractivity contribution in [3.8, 4) is 11.4 Å². The van der Waals surface area contributed by atoms with Gasteiger partial charge in [-0.25, -0.2) is 4.98 Å². The SMILES string of the molecule is S=c1nc(-c2ccncc2)[nH]c2c1CCCC2. The Kier molecular flexibility index (Phi) is 2.73. The van der Waals surface area contributed by atoms with Gasteiger partial charge in [0.05, 0.1) is 0 Å². The summed E-state index contributed by atoms with van der Waals surface area (Å²) in [5, 5.41) is 0. The van der Waals surface area contributed by atoms with Crippen LogP contribution in [-0.4, -0.2) is 15.0 Å². The van der Waals surface area contributed by atoms with Crippen LogP contribution in [0.5, 0.6) is 0 Å². The molecule has 0 amide bonds. The lowest BCUT2D eigenvalue weighted by Crippen LogP contribution is -2.08. The van der Waals surface area contributed by atoms with Gasteiger partial charge in [0.2, 0.25) is 0 Å².